The van der Waals surface area contributed by atoms with E-state index in [0.717, 1.165) is 0 Å². The van der Waals surface area contributed by atoms with Crippen LogP contribution in [0, 0.1) is 4.77 Å². The molecule has 0 amide bonds. The maximum absolute atomic E-state index is 4.86. The molecule has 0 fully saturated rings. The standard InChI is InChI=1S/C5H4N6S2.Na.H2S/c12-3-1-6-4(7-2-3)11-5(13)8-9-10-11;;/h1-2,12H,(H,8,10,13);;1H2/q;+1;/p-1. The van der Waals surface area contributed by atoms with Gasteiger partial charge in [-0.3, -0.25) is 0 Å². The molecule has 0 aromatic carbocycles. The molecule has 1 N–H and O–H groups in total. The molecule has 0 radical (unpaired) electrons. The number of hydrogen-bond acceptors (Lipinski definition) is 7. The molecule has 2 aromatic heterocycles. The van der Waals surface area contributed by atoms with Crippen LogP contribution in [0.15, 0.2) is 17.3 Å². The van der Waals surface area contributed by atoms with Crippen molar-refractivity contribution < 1.29 is 29.6 Å². The van der Waals surface area contributed by atoms with Crippen molar-refractivity contribution in [1.29, 1.82) is 0 Å². The average Bonchev–Trinajstić information content (AvgIpc) is 2.53. The monoisotopic (exact) mass is 268 g/mol. The van der Waals surface area contributed by atoms with Crippen LogP contribution in [0.25, 0.3) is 5.95 Å². The Morgan fingerprint density at radius 1 is 1.33 bits per heavy atom. The molecule has 10 heteroatoms. The largest absolute Gasteiger partial charge is 1.00 e. The number of thiol groups is 2. The third-order valence-electron chi connectivity index (χ3n) is 1.30. The van der Waals surface area contributed by atoms with Gasteiger partial charge >= 0.3 is 29.6 Å². The number of nitrogens with zero attached hydrogens (tertiary/aromatic N) is 5. The third-order valence-corrected chi connectivity index (χ3v) is 1.79. The van der Waals surface area contributed by atoms with Gasteiger partial charge in [-0.2, -0.15) is 9.90 Å². The van der Waals surface area contributed by atoms with Crippen molar-refractivity contribution in [1.82, 2.24) is 30.2 Å². The van der Waals surface area contributed by atoms with Crippen LogP contribution in [-0.2, 0) is 13.5 Å². The van der Waals surface area contributed by atoms with Crippen molar-refractivity contribution in [2.75, 3.05) is 0 Å². The second kappa shape index (κ2) is 6.61. The Hall–Kier alpha value is 0.0700. The van der Waals surface area contributed by atoms with Crippen LogP contribution in [0.2, 0.25) is 0 Å². The van der Waals surface area contributed by atoms with E-state index in [1.54, 1.807) is 12.4 Å². The fraction of sp³-hybridized carbons (Fsp3) is 0. The van der Waals surface area contributed by atoms with Crippen LogP contribution in [0.1, 0.15) is 0 Å². The SMILES string of the molecule is S=c1nn[nH]n1-c1ncc(S)cn1.[Na+].[SH-]. The van der Waals surface area contributed by atoms with E-state index < -0.39 is 0 Å². The predicted octanol–water partition coefficient (Wildman–Crippen LogP) is -2.86. The summed E-state index contributed by atoms with van der Waals surface area (Å²) in [5, 5.41) is 9.64. The Morgan fingerprint density at radius 2 is 1.93 bits per heavy atom. The summed E-state index contributed by atoms with van der Waals surface area (Å²) in [6.45, 7) is 0. The van der Waals surface area contributed by atoms with Gasteiger partial charge in [0.15, 0.2) is 0 Å². The van der Waals surface area contributed by atoms with Crippen LogP contribution in [0.4, 0.5) is 0 Å². The Bertz CT molecular complexity index is 464. The Kier molecular flexibility index (Phi) is 6.64. The van der Waals surface area contributed by atoms with Crippen molar-refractivity contribution in [3.05, 3.63) is 17.2 Å². The van der Waals surface area contributed by atoms with Gasteiger partial charge in [0.05, 0.1) is 0 Å². The summed E-state index contributed by atoms with van der Waals surface area (Å²) in [5.74, 6) is 0.396. The van der Waals surface area contributed by atoms with Gasteiger partial charge in [-0.15, -0.1) is 12.6 Å². The third kappa shape index (κ3) is 3.54. The van der Waals surface area contributed by atoms with Crippen LogP contribution in [0.5, 0.6) is 0 Å². The molecule has 0 aliphatic rings. The average molecular weight is 268 g/mol. The first-order chi connectivity index (χ1) is 6.27. The summed E-state index contributed by atoms with van der Waals surface area (Å²) < 4.78 is 1.68. The van der Waals surface area contributed by atoms with E-state index in [9.17, 15) is 0 Å². The molecule has 2 aromatic rings. The molecule has 2 rings (SSSR count). The van der Waals surface area contributed by atoms with Crippen molar-refractivity contribution in [2.24, 2.45) is 0 Å². The van der Waals surface area contributed by atoms with Crippen molar-refractivity contribution in [3.8, 4) is 5.95 Å². The molecule has 0 aliphatic heterocycles. The van der Waals surface area contributed by atoms with E-state index in [4.69, 9.17) is 12.2 Å². The van der Waals surface area contributed by atoms with Gasteiger partial charge in [0.1, 0.15) is 0 Å². The first-order valence-corrected chi connectivity index (χ1v) is 4.14. The Labute approximate surface area is 125 Å². The first kappa shape index (κ1) is 15.1. The van der Waals surface area contributed by atoms with E-state index >= 15 is 0 Å². The van der Waals surface area contributed by atoms with Gasteiger partial charge in [-0.25, -0.2) is 9.97 Å². The van der Waals surface area contributed by atoms with E-state index in [-0.39, 0.29) is 47.8 Å². The Balaban J connectivity index is 0.000000980. The first-order valence-electron chi connectivity index (χ1n) is 3.29. The number of rotatable bonds is 1. The zero-order valence-corrected chi connectivity index (χ0v) is 12.3. The van der Waals surface area contributed by atoms with E-state index in [1.807, 2.05) is 0 Å². The predicted molar refractivity (Wildman–Crippen MR) is 58.1 cm³/mol. The van der Waals surface area contributed by atoms with Crippen LogP contribution < -0.4 is 29.6 Å². The summed E-state index contributed by atoms with van der Waals surface area (Å²) in [4.78, 5) is 8.64. The molecule has 0 bridgehead atoms. The summed E-state index contributed by atoms with van der Waals surface area (Å²) in [6, 6.07) is 0. The molecule has 0 saturated heterocycles. The summed E-state index contributed by atoms with van der Waals surface area (Å²) in [5.41, 5.74) is 0. The van der Waals surface area contributed by atoms with E-state index in [1.165, 1.54) is 4.68 Å². The minimum Gasteiger partial charge on any atom is -0.813 e. The fourth-order valence-electron chi connectivity index (χ4n) is 0.757. The molecule has 0 unspecified atom stereocenters. The van der Waals surface area contributed by atoms with Gasteiger partial charge in [-0.1, -0.05) is 10.3 Å². The molecule has 74 valence electrons. The fourth-order valence-corrected chi connectivity index (χ4v) is 1.04. The van der Waals surface area contributed by atoms with E-state index in [2.05, 4.69) is 38.1 Å². The van der Waals surface area contributed by atoms with E-state index in [0.29, 0.717) is 10.8 Å². The molecule has 0 atom stereocenters. The number of nitrogens with one attached hydrogen (secondary N) is 1. The zero-order chi connectivity index (χ0) is 9.26. The second-order valence-electron chi connectivity index (χ2n) is 2.16. The van der Waals surface area contributed by atoms with Gasteiger partial charge in [0.25, 0.3) is 5.95 Å². The van der Waals surface area contributed by atoms with Crippen molar-refractivity contribution >= 4 is 38.3 Å². The maximum atomic E-state index is 4.86. The van der Waals surface area contributed by atoms with Crippen molar-refractivity contribution in [2.45, 2.75) is 4.90 Å². The molecular formula is C5H5N6NaS3. The molecule has 15 heavy (non-hydrogen) atoms. The minimum atomic E-state index is 0. The van der Waals surface area contributed by atoms with Crippen LogP contribution >= 0.6 is 24.8 Å². The van der Waals surface area contributed by atoms with Gasteiger partial charge < -0.3 is 13.5 Å². The van der Waals surface area contributed by atoms with Gasteiger partial charge in [-0.05, 0) is 12.2 Å². The molecule has 6 nitrogen and oxygen atoms in total. The summed E-state index contributed by atoms with van der Waals surface area (Å²) in [6.07, 6.45) is 3.13. The molecule has 0 saturated carbocycles. The van der Waals surface area contributed by atoms with Crippen LogP contribution in [-0.4, -0.2) is 30.2 Å². The summed E-state index contributed by atoms with van der Waals surface area (Å²) in [7, 11) is 0. The summed E-state index contributed by atoms with van der Waals surface area (Å²) >= 11 is 8.91. The topological polar surface area (TPSA) is 72.3 Å². The molecular weight excluding hydrogens is 263 g/mol. The number of H-pyrrole nitrogens is 1. The smallest absolute Gasteiger partial charge is 0.813 e. The maximum Gasteiger partial charge on any atom is 1.00 e. The zero-order valence-electron chi connectivity index (χ0n) is 7.69. The normalized spacial score (nSPS) is 8.87. The number of tetrazole rings is 1. The minimum absolute atomic E-state index is 0. The number of aromatic nitrogens is 6. The quantitative estimate of drug-likeness (QED) is 0.251. The second-order valence-corrected chi connectivity index (χ2v) is 3.04. The Morgan fingerprint density at radius 3 is 2.40 bits per heavy atom. The van der Waals surface area contributed by atoms with Crippen molar-refractivity contribution in [3.63, 3.8) is 0 Å². The molecule has 2 heterocycles. The van der Waals surface area contributed by atoms with Gasteiger partial charge in [0.2, 0.25) is 4.77 Å². The van der Waals surface area contributed by atoms with Gasteiger partial charge in [0, 0.05) is 17.3 Å². The molecule has 0 aliphatic carbocycles. The number of hydrogen-bond donors (Lipinski definition) is 2. The molecule has 0 spiro atoms. The number of aromatic amines is 1. The van der Waals surface area contributed by atoms with Crippen LogP contribution in [0.3, 0.4) is 0 Å².